The van der Waals surface area contributed by atoms with Crippen LogP contribution in [0.4, 0.5) is 14.9 Å². The number of nitrogens with zero attached hydrogens (tertiary/aromatic N) is 1. The number of benzene rings is 2. The SMILES string of the molecule is CN(CCO)C(=O)Nc1ccc(Oc2cccc(F)c2)cc1. The van der Waals surface area contributed by atoms with Gasteiger partial charge in [0.05, 0.1) is 6.61 Å². The topological polar surface area (TPSA) is 61.8 Å². The molecule has 2 aromatic rings. The van der Waals surface area contributed by atoms with Gasteiger partial charge >= 0.3 is 6.03 Å². The Morgan fingerprint density at radius 3 is 2.59 bits per heavy atom. The summed E-state index contributed by atoms with van der Waals surface area (Å²) in [6.45, 7) is 0.164. The van der Waals surface area contributed by atoms with Gasteiger partial charge < -0.3 is 20.1 Å². The normalized spacial score (nSPS) is 10.1. The quantitative estimate of drug-likeness (QED) is 0.892. The molecule has 116 valence electrons. The zero-order valence-corrected chi connectivity index (χ0v) is 12.1. The number of likely N-dealkylation sites (N-methyl/N-ethyl adjacent to an activating group) is 1. The maximum Gasteiger partial charge on any atom is 0.321 e. The number of urea groups is 1. The van der Waals surface area contributed by atoms with Gasteiger partial charge in [-0.15, -0.1) is 0 Å². The van der Waals surface area contributed by atoms with E-state index in [2.05, 4.69) is 5.32 Å². The van der Waals surface area contributed by atoms with Gasteiger partial charge in [-0.25, -0.2) is 9.18 Å². The molecule has 2 N–H and O–H groups in total. The molecule has 0 unspecified atom stereocenters. The van der Waals surface area contributed by atoms with Gasteiger partial charge in [0.1, 0.15) is 17.3 Å². The molecule has 0 fully saturated rings. The summed E-state index contributed by atoms with van der Waals surface area (Å²) >= 11 is 0. The molecule has 0 atom stereocenters. The number of carbonyl (C=O) groups is 1. The van der Waals surface area contributed by atoms with Gasteiger partial charge in [0.25, 0.3) is 0 Å². The van der Waals surface area contributed by atoms with Crippen molar-refractivity contribution < 1.29 is 19.0 Å². The van der Waals surface area contributed by atoms with Crippen LogP contribution in [0.5, 0.6) is 11.5 Å². The van der Waals surface area contributed by atoms with Gasteiger partial charge in [-0.2, -0.15) is 0 Å². The van der Waals surface area contributed by atoms with E-state index < -0.39 is 0 Å². The second kappa shape index (κ2) is 7.42. The number of ether oxygens (including phenoxy) is 1. The zero-order valence-electron chi connectivity index (χ0n) is 12.1. The Bertz CT molecular complexity index is 632. The summed E-state index contributed by atoms with van der Waals surface area (Å²) in [5, 5.41) is 11.5. The van der Waals surface area contributed by atoms with E-state index in [9.17, 15) is 9.18 Å². The molecule has 0 saturated carbocycles. The highest BCUT2D eigenvalue weighted by atomic mass is 19.1. The van der Waals surface area contributed by atoms with Crippen LogP contribution < -0.4 is 10.1 Å². The fourth-order valence-corrected chi connectivity index (χ4v) is 1.74. The summed E-state index contributed by atoms with van der Waals surface area (Å²) in [4.78, 5) is 13.1. The van der Waals surface area contributed by atoms with Crippen LogP contribution >= 0.6 is 0 Å². The standard InChI is InChI=1S/C16H17FN2O3/c1-19(9-10-20)16(21)18-13-5-7-14(8-6-13)22-15-4-2-3-12(17)11-15/h2-8,11,20H,9-10H2,1H3,(H,18,21). The second-order valence-electron chi connectivity index (χ2n) is 4.66. The van der Waals surface area contributed by atoms with Crippen molar-refractivity contribution >= 4 is 11.7 Å². The number of aliphatic hydroxyl groups is 1. The molecule has 22 heavy (non-hydrogen) atoms. The molecule has 0 spiro atoms. The van der Waals surface area contributed by atoms with E-state index in [1.807, 2.05) is 0 Å². The van der Waals surface area contributed by atoms with Crippen LogP contribution in [-0.2, 0) is 0 Å². The molecule has 2 amide bonds. The average Bonchev–Trinajstić information content (AvgIpc) is 2.49. The lowest BCUT2D eigenvalue weighted by molar-refractivity contribution is 0.202. The Hall–Kier alpha value is -2.60. The van der Waals surface area contributed by atoms with E-state index in [1.165, 1.54) is 17.0 Å². The van der Waals surface area contributed by atoms with Crippen LogP contribution in [0.15, 0.2) is 48.5 Å². The van der Waals surface area contributed by atoms with Crippen molar-refractivity contribution in [3.63, 3.8) is 0 Å². The molecule has 0 aliphatic heterocycles. The van der Waals surface area contributed by atoms with E-state index in [4.69, 9.17) is 9.84 Å². The highest BCUT2D eigenvalue weighted by molar-refractivity contribution is 5.89. The molecule has 6 heteroatoms. The largest absolute Gasteiger partial charge is 0.457 e. The minimum atomic E-state index is -0.367. The van der Waals surface area contributed by atoms with Crippen LogP contribution in [0.1, 0.15) is 0 Å². The second-order valence-corrected chi connectivity index (χ2v) is 4.66. The summed E-state index contributed by atoms with van der Waals surface area (Å²) in [7, 11) is 1.59. The summed E-state index contributed by atoms with van der Waals surface area (Å²) < 4.78 is 18.6. The van der Waals surface area contributed by atoms with Crippen molar-refractivity contribution in [2.24, 2.45) is 0 Å². The Balaban J connectivity index is 1.97. The lowest BCUT2D eigenvalue weighted by atomic mass is 10.3. The zero-order chi connectivity index (χ0) is 15.9. The number of hydrogen-bond donors (Lipinski definition) is 2. The molecule has 0 aromatic heterocycles. The molecule has 0 aliphatic carbocycles. The molecule has 2 rings (SSSR count). The number of nitrogens with one attached hydrogen (secondary N) is 1. The number of anilines is 1. The minimum absolute atomic E-state index is 0.0929. The van der Waals surface area contributed by atoms with E-state index in [1.54, 1.807) is 43.4 Å². The summed E-state index contributed by atoms with van der Waals surface area (Å²) in [6, 6.07) is 12.2. The average molecular weight is 304 g/mol. The van der Waals surface area contributed by atoms with Crippen LogP contribution in [0.3, 0.4) is 0 Å². The van der Waals surface area contributed by atoms with Crippen LogP contribution in [0.2, 0.25) is 0 Å². The monoisotopic (exact) mass is 304 g/mol. The van der Waals surface area contributed by atoms with Crippen molar-refractivity contribution in [1.82, 2.24) is 4.90 Å². The molecule has 0 saturated heterocycles. The van der Waals surface area contributed by atoms with Gasteiger partial charge in [0.15, 0.2) is 0 Å². The first-order valence-electron chi connectivity index (χ1n) is 6.75. The lowest BCUT2D eigenvalue weighted by Gasteiger charge is -2.16. The number of aliphatic hydroxyl groups excluding tert-OH is 1. The Morgan fingerprint density at radius 2 is 1.95 bits per heavy atom. The van der Waals surface area contributed by atoms with Gasteiger partial charge in [0, 0.05) is 25.3 Å². The van der Waals surface area contributed by atoms with Crippen molar-refractivity contribution in [2.45, 2.75) is 0 Å². The van der Waals surface area contributed by atoms with E-state index in [-0.39, 0.29) is 25.0 Å². The lowest BCUT2D eigenvalue weighted by Crippen LogP contribution is -2.33. The van der Waals surface area contributed by atoms with E-state index in [0.29, 0.717) is 17.2 Å². The number of carbonyl (C=O) groups excluding carboxylic acids is 1. The smallest absolute Gasteiger partial charge is 0.321 e. The molecular formula is C16H17FN2O3. The third-order valence-electron chi connectivity index (χ3n) is 2.92. The third-order valence-corrected chi connectivity index (χ3v) is 2.92. The van der Waals surface area contributed by atoms with Crippen LogP contribution in [0, 0.1) is 5.82 Å². The number of rotatable bonds is 5. The van der Waals surface area contributed by atoms with Crippen LogP contribution in [-0.4, -0.2) is 36.2 Å². The van der Waals surface area contributed by atoms with Crippen molar-refractivity contribution in [1.29, 1.82) is 0 Å². The van der Waals surface area contributed by atoms with E-state index >= 15 is 0 Å². The molecule has 2 aromatic carbocycles. The van der Waals surface area contributed by atoms with Gasteiger partial charge in [0.2, 0.25) is 0 Å². The summed E-state index contributed by atoms with van der Waals surface area (Å²) in [6.07, 6.45) is 0. The number of halogens is 1. The van der Waals surface area contributed by atoms with Crippen LogP contribution in [0.25, 0.3) is 0 Å². The fourth-order valence-electron chi connectivity index (χ4n) is 1.74. The predicted molar refractivity (Wildman–Crippen MR) is 81.7 cm³/mol. The van der Waals surface area contributed by atoms with E-state index in [0.717, 1.165) is 0 Å². The minimum Gasteiger partial charge on any atom is -0.457 e. The summed E-state index contributed by atoms with van der Waals surface area (Å²) in [5.41, 5.74) is 0.599. The molecule has 0 heterocycles. The predicted octanol–water partition coefficient (Wildman–Crippen LogP) is 3.07. The fraction of sp³-hybridized carbons (Fsp3) is 0.188. The number of hydrogen-bond acceptors (Lipinski definition) is 3. The molecular weight excluding hydrogens is 287 g/mol. The maximum absolute atomic E-state index is 13.1. The maximum atomic E-state index is 13.1. The Kier molecular flexibility index (Phi) is 5.32. The Labute approximate surface area is 127 Å². The first-order chi connectivity index (χ1) is 10.6. The number of amides is 2. The van der Waals surface area contributed by atoms with Gasteiger partial charge in [-0.05, 0) is 36.4 Å². The summed E-state index contributed by atoms with van der Waals surface area (Å²) in [5.74, 6) is 0.570. The highest BCUT2D eigenvalue weighted by Crippen LogP contribution is 2.23. The van der Waals surface area contributed by atoms with Gasteiger partial charge in [-0.1, -0.05) is 6.07 Å². The molecule has 5 nitrogen and oxygen atoms in total. The molecule has 0 bridgehead atoms. The first-order valence-corrected chi connectivity index (χ1v) is 6.75. The highest BCUT2D eigenvalue weighted by Gasteiger charge is 2.08. The first kappa shape index (κ1) is 15.8. The van der Waals surface area contributed by atoms with Crippen molar-refractivity contribution in [3.05, 3.63) is 54.3 Å². The van der Waals surface area contributed by atoms with Crippen molar-refractivity contribution in [2.75, 3.05) is 25.5 Å². The third kappa shape index (κ3) is 4.46. The molecule has 0 radical (unpaired) electrons. The van der Waals surface area contributed by atoms with Gasteiger partial charge in [-0.3, -0.25) is 0 Å². The Morgan fingerprint density at radius 1 is 1.23 bits per heavy atom. The van der Waals surface area contributed by atoms with Crippen molar-refractivity contribution in [3.8, 4) is 11.5 Å². The molecule has 0 aliphatic rings.